The van der Waals surface area contributed by atoms with Gasteiger partial charge in [0.05, 0.1) is 6.20 Å². The summed E-state index contributed by atoms with van der Waals surface area (Å²) in [6, 6.07) is 5.56. The van der Waals surface area contributed by atoms with E-state index < -0.39 is 18.5 Å². The fraction of sp³-hybridized carbons (Fsp3) is 0.353. The molecule has 0 amide bonds. The second kappa shape index (κ2) is 6.58. The van der Waals surface area contributed by atoms with Crippen molar-refractivity contribution in [3.63, 3.8) is 0 Å². The van der Waals surface area contributed by atoms with Gasteiger partial charge >= 0.3 is 6.43 Å². The monoisotopic (exact) mass is 361 g/mol. The van der Waals surface area contributed by atoms with Crippen molar-refractivity contribution in [3.8, 4) is 11.4 Å². The average Bonchev–Trinajstić information content (AvgIpc) is 3.34. The van der Waals surface area contributed by atoms with Crippen LogP contribution in [-0.4, -0.2) is 25.0 Å². The highest BCUT2D eigenvalue weighted by atomic mass is 19.3. The van der Waals surface area contributed by atoms with E-state index in [1.165, 1.54) is 0 Å². The number of aryl methyl sites for hydroxylation is 2. The van der Waals surface area contributed by atoms with Gasteiger partial charge < -0.3 is 9.63 Å². The summed E-state index contributed by atoms with van der Waals surface area (Å²) in [5.74, 6) is -0.533. The first-order chi connectivity index (χ1) is 12.5. The van der Waals surface area contributed by atoms with E-state index in [0.717, 1.165) is 24.0 Å². The van der Waals surface area contributed by atoms with Crippen molar-refractivity contribution in [1.82, 2.24) is 25.2 Å². The number of fused-ring (bicyclic) bond motifs is 1. The van der Waals surface area contributed by atoms with Gasteiger partial charge in [0.1, 0.15) is 6.23 Å². The first-order valence-electron chi connectivity index (χ1n) is 8.19. The van der Waals surface area contributed by atoms with E-state index in [1.54, 1.807) is 30.2 Å². The third kappa shape index (κ3) is 3.11. The maximum absolute atomic E-state index is 12.6. The first kappa shape index (κ1) is 16.8. The molecule has 2 N–H and O–H groups in total. The second-order valence-electron chi connectivity index (χ2n) is 6.28. The Morgan fingerprint density at radius 1 is 1.38 bits per heavy atom. The summed E-state index contributed by atoms with van der Waals surface area (Å²) in [6.07, 6.45) is 1.41. The summed E-state index contributed by atoms with van der Waals surface area (Å²) in [4.78, 5) is 3.72. The number of nitrogens with one attached hydrogen (secondary N) is 1. The zero-order chi connectivity index (χ0) is 18.3. The number of aliphatic hydroxyl groups excluding tert-OH is 1. The molecule has 1 aromatic carbocycles. The molecule has 136 valence electrons. The smallest absolute Gasteiger partial charge is 0.315 e. The van der Waals surface area contributed by atoms with Crippen LogP contribution < -0.4 is 5.32 Å². The number of alkyl halides is 2. The fourth-order valence-electron chi connectivity index (χ4n) is 3.24. The van der Waals surface area contributed by atoms with E-state index >= 15 is 0 Å². The standard InChI is InChI=1S/C17H17F2N5O2/c1-24-8-11(7-20-24)16(25)21-13-5-3-9-6-10(2-4-12(9)13)15-22-17(14(18)19)26-23-15/h2,4,6-8,13-14,16,21,25H,3,5H2,1H3/t13-,16?/m1/s1. The van der Waals surface area contributed by atoms with E-state index in [4.69, 9.17) is 0 Å². The predicted octanol–water partition coefficient (Wildman–Crippen LogP) is 2.68. The highest BCUT2D eigenvalue weighted by Gasteiger charge is 2.26. The molecule has 2 aromatic heterocycles. The van der Waals surface area contributed by atoms with Crippen LogP contribution in [0.3, 0.4) is 0 Å². The van der Waals surface area contributed by atoms with Crippen LogP contribution in [0.2, 0.25) is 0 Å². The minimum absolute atomic E-state index is 0.00357. The van der Waals surface area contributed by atoms with Crippen molar-refractivity contribution in [2.75, 3.05) is 0 Å². The lowest BCUT2D eigenvalue weighted by Crippen LogP contribution is -2.24. The van der Waals surface area contributed by atoms with Gasteiger partial charge in [-0.15, -0.1) is 0 Å². The Bertz CT molecular complexity index is 924. The molecule has 9 heteroatoms. The average molecular weight is 361 g/mol. The van der Waals surface area contributed by atoms with Crippen LogP contribution in [0.25, 0.3) is 11.4 Å². The van der Waals surface area contributed by atoms with Gasteiger partial charge in [0.2, 0.25) is 5.82 Å². The van der Waals surface area contributed by atoms with Crippen molar-refractivity contribution >= 4 is 0 Å². The molecule has 0 fully saturated rings. The van der Waals surface area contributed by atoms with E-state index in [2.05, 4.69) is 25.1 Å². The number of halogens is 2. The van der Waals surface area contributed by atoms with Gasteiger partial charge in [-0.3, -0.25) is 10.00 Å². The largest absolute Gasteiger partial charge is 0.374 e. The molecule has 7 nitrogen and oxygen atoms in total. The summed E-state index contributed by atoms with van der Waals surface area (Å²) >= 11 is 0. The summed E-state index contributed by atoms with van der Waals surface area (Å²) in [5.41, 5.74) is 3.47. The lowest BCUT2D eigenvalue weighted by Gasteiger charge is -2.18. The van der Waals surface area contributed by atoms with Crippen molar-refractivity contribution in [2.45, 2.75) is 31.5 Å². The number of hydrogen-bond acceptors (Lipinski definition) is 6. The molecular weight excluding hydrogens is 344 g/mol. The Hall–Kier alpha value is -2.65. The number of hydrogen-bond donors (Lipinski definition) is 2. The number of aliphatic hydroxyl groups is 1. The van der Waals surface area contributed by atoms with Crippen LogP contribution >= 0.6 is 0 Å². The van der Waals surface area contributed by atoms with Crippen molar-refractivity contribution < 1.29 is 18.4 Å². The van der Waals surface area contributed by atoms with Crippen LogP contribution in [0.4, 0.5) is 8.78 Å². The molecule has 2 atom stereocenters. The molecule has 2 heterocycles. The van der Waals surface area contributed by atoms with Crippen molar-refractivity contribution in [2.24, 2.45) is 7.05 Å². The van der Waals surface area contributed by atoms with E-state index in [1.807, 2.05) is 12.1 Å². The van der Waals surface area contributed by atoms with Gasteiger partial charge in [-0.25, -0.2) is 0 Å². The quantitative estimate of drug-likeness (QED) is 0.679. The molecule has 26 heavy (non-hydrogen) atoms. The second-order valence-corrected chi connectivity index (χ2v) is 6.28. The van der Waals surface area contributed by atoms with Gasteiger partial charge in [0, 0.05) is 30.4 Å². The zero-order valence-electron chi connectivity index (χ0n) is 13.9. The van der Waals surface area contributed by atoms with Crippen molar-refractivity contribution in [1.29, 1.82) is 0 Å². The lowest BCUT2D eigenvalue weighted by molar-refractivity contribution is 0.106. The third-order valence-corrected chi connectivity index (χ3v) is 4.51. The Morgan fingerprint density at radius 3 is 2.92 bits per heavy atom. The third-order valence-electron chi connectivity index (χ3n) is 4.51. The van der Waals surface area contributed by atoms with Gasteiger partial charge in [0.25, 0.3) is 5.89 Å². The number of benzene rings is 1. The zero-order valence-corrected chi connectivity index (χ0v) is 13.9. The molecule has 1 unspecified atom stereocenters. The van der Waals surface area contributed by atoms with E-state index in [-0.39, 0.29) is 11.9 Å². The summed E-state index contributed by atoms with van der Waals surface area (Å²) in [7, 11) is 1.79. The number of rotatable bonds is 5. The van der Waals surface area contributed by atoms with E-state index in [0.29, 0.717) is 11.1 Å². The Kier molecular flexibility index (Phi) is 4.25. The molecule has 0 saturated heterocycles. The molecule has 0 bridgehead atoms. The van der Waals surface area contributed by atoms with Crippen molar-refractivity contribution in [3.05, 3.63) is 53.2 Å². The molecule has 3 aromatic rings. The van der Waals surface area contributed by atoms with E-state index in [9.17, 15) is 13.9 Å². The van der Waals surface area contributed by atoms with Gasteiger partial charge in [0.15, 0.2) is 0 Å². The molecule has 1 aliphatic rings. The number of aromatic nitrogens is 4. The topological polar surface area (TPSA) is 89.0 Å². The Labute approximate surface area is 147 Å². The maximum Gasteiger partial charge on any atom is 0.315 e. The summed E-state index contributed by atoms with van der Waals surface area (Å²) in [5, 5.41) is 21.2. The first-order valence-corrected chi connectivity index (χ1v) is 8.19. The highest BCUT2D eigenvalue weighted by molar-refractivity contribution is 5.58. The van der Waals surface area contributed by atoms with Crippen LogP contribution in [0, 0.1) is 0 Å². The Morgan fingerprint density at radius 2 is 2.23 bits per heavy atom. The maximum atomic E-state index is 12.6. The molecule has 0 radical (unpaired) electrons. The van der Waals surface area contributed by atoms with Crippen LogP contribution in [0.5, 0.6) is 0 Å². The molecular formula is C17H17F2N5O2. The molecule has 0 spiro atoms. The van der Waals surface area contributed by atoms with Gasteiger partial charge in [-0.05, 0) is 30.0 Å². The molecule has 1 aliphatic carbocycles. The summed E-state index contributed by atoms with van der Waals surface area (Å²) in [6.45, 7) is 0. The lowest BCUT2D eigenvalue weighted by atomic mass is 10.0. The molecule has 4 rings (SSSR count). The minimum atomic E-state index is -2.78. The van der Waals surface area contributed by atoms with Crippen LogP contribution in [-0.2, 0) is 13.5 Å². The van der Waals surface area contributed by atoms with Gasteiger partial charge in [-0.2, -0.15) is 18.9 Å². The van der Waals surface area contributed by atoms with Gasteiger partial charge in [-0.1, -0.05) is 17.3 Å². The van der Waals surface area contributed by atoms with Crippen LogP contribution in [0.15, 0.2) is 35.1 Å². The fourth-order valence-corrected chi connectivity index (χ4v) is 3.24. The predicted molar refractivity (Wildman–Crippen MR) is 87.1 cm³/mol. The highest BCUT2D eigenvalue weighted by Crippen LogP contribution is 2.35. The van der Waals surface area contributed by atoms with Crippen LogP contribution in [0.1, 0.15) is 47.7 Å². The molecule has 0 aliphatic heterocycles. The minimum Gasteiger partial charge on any atom is -0.374 e. The summed E-state index contributed by atoms with van der Waals surface area (Å²) < 4.78 is 31.4. The SMILES string of the molecule is Cn1cc(C(O)N[C@@H]2CCc3cc(-c4noc(C(F)F)n4)ccc32)cn1. The molecule has 0 saturated carbocycles. The number of nitrogens with zero attached hydrogens (tertiary/aromatic N) is 4. The normalized spacial score (nSPS) is 17.7. The Balaban J connectivity index is 1.52.